The molecule has 0 unspecified atom stereocenters. The molecule has 0 aliphatic rings. The Labute approximate surface area is 106 Å². The van der Waals surface area contributed by atoms with Crippen molar-refractivity contribution in [1.82, 2.24) is 5.32 Å². The highest BCUT2D eigenvalue weighted by atomic mass is 79.9. The van der Waals surface area contributed by atoms with Gasteiger partial charge >= 0.3 is 0 Å². The fourth-order valence-electron chi connectivity index (χ4n) is 1.17. The van der Waals surface area contributed by atoms with E-state index in [2.05, 4.69) is 21.2 Å². The van der Waals surface area contributed by atoms with Gasteiger partial charge in [-0.25, -0.2) is 0 Å². The summed E-state index contributed by atoms with van der Waals surface area (Å²) >= 11 is 3.02. The molecule has 1 aromatic rings. The molecule has 0 heterocycles. The normalized spacial score (nSPS) is 11.9. The van der Waals surface area contributed by atoms with Crippen LogP contribution in [0.1, 0.15) is 17.3 Å². The van der Waals surface area contributed by atoms with Crippen molar-refractivity contribution in [1.29, 1.82) is 0 Å². The number of carbonyl (C=O) groups is 1. The second-order valence-corrected chi connectivity index (χ2v) is 4.25. The number of amides is 1. The van der Waals surface area contributed by atoms with Crippen molar-refractivity contribution < 1.29 is 14.8 Å². The van der Waals surface area contributed by atoms with Crippen molar-refractivity contribution in [2.75, 3.05) is 6.54 Å². The van der Waals surface area contributed by atoms with Gasteiger partial charge in [0, 0.05) is 12.6 Å². The van der Waals surface area contributed by atoms with Crippen LogP contribution in [0.3, 0.4) is 0 Å². The fourth-order valence-corrected chi connectivity index (χ4v) is 1.76. The standard InChI is InChI=1S/C10H11BrN2O4/c1-6(14)5-12-10(15)7-3-2-4-8(9(7)11)13(16)17/h2-4,6,14H,5H2,1H3,(H,12,15)/t6-/m0/s1. The zero-order valence-electron chi connectivity index (χ0n) is 9.01. The molecular formula is C10H11BrN2O4. The minimum atomic E-state index is -0.670. The van der Waals surface area contributed by atoms with E-state index < -0.39 is 16.9 Å². The van der Waals surface area contributed by atoms with E-state index in [0.717, 1.165) is 0 Å². The predicted molar refractivity (Wildman–Crippen MR) is 64.8 cm³/mol. The number of hydrogen-bond acceptors (Lipinski definition) is 4. The molecule has 92 valence electrons. The molecular weight excluding hydrogens is 292 g/mol. The summed E-state index contributed by atoms with van der Waals surface area (Å²) in [6.45, 7) is 1.62. The first-order valence-corrected chi connectivity index (χ1v) is 5.62. The predicted octanol–water partition coefficient (Wildman–Crippen LogP) is 1.47. The molecule has 0 fully saturated rings. The zero-order valence-corrected chi connectivity index (χ0v) is 10.6. The molecule has 0 radical (unpaired) electrons. The number of hydrogen-bond donors (Lipinski definition) is 2. The lowest BCUT2D eigenvalue weighted by molar-refractivity contribution is -0.385. The third-order valence-corrected chi connectivity index (χ3v) is 2.81. The van der Waals surface area contributed by atoms with Crippen molar-refractivity contribution in [3.05, 3.63) is 38.3 Å². The Kier molecular flexibility index (Phi) is 4.59. The van der Waals surface area contributed by atoms with Crippen LogP contribution >= 0.6 is 15.9 Å². The maximum Gasteiger partial charge on any atom is 0.284 e. The summed E-state index contributed by atoms with van der Waals surface area (Å²) in [4.78, 5) is 21.8. The van der Waals surface area contributed by atoms with E-state index in [4.69, 9.17) is 5.11 Å². The third-order valence-electron chi connectivity index (χ3n) is 1.98. The van der Waals surface area contributed by atoms with Gasteiger partial charge < -0.3 is 10.4 Å². The highest BCUT2D eigenvalue weighted by molar-refractivity contribution is 9.10. The molecule has 0 saturated heterocycles. The van der Waals surface area contributed by atoms with Crippen molar-refractivity contribution in [2.45, 2.75) is 13.0 Å². The fraction of sp³-hybridized carbons (Fsp3) is 0.300. The lowest BCUT2D eigenvalue weighted by atomic mass is 10.2. The van der Waals surface area contributed by atoms with Gasteiger partial charge in [0.2, 0.25) is 0 Å². The molecule has 0 spiro atoms. The van der Waals surface area contributed by atoms with Gasteiger partial charge in [0.25, 0.3) is 11.6 Å². The molecule has 0 aliphatic heterocycles. The number of nitrogens with one attached hydrogen (secondary N) is 1. The monoisotopic (exact) mass is 302 g/mol. The summed E-state index contributed by atoms with van der Waals surface area (Å²) in [5, 5.41) is 22.2. The molecule has 7 heteroatoms. The lowest BCUT2D eigenvalue weighted by Crippen LogP contribution is -2.30. The van der Waals surface area contributed by atoms with Gasteiger partial charge in [-0.15, -0.1) is 0 Å². The van der Waals surface area contributed by atoms with Crippen LogP contribution in [-0.4, -0.2) is 28.6 Å². The smallest absolute Gasteiger partial charge is 0.284 e. The van der Waals surface area contributed by atoms with Crippen LogP contribution in [0.5, 0.6) is 0 Å². The van der Waals surface area contributed by atoms with Crippen molar-refractivity contribution in [3.63, 3.8) is 0 Å². The minimum absolute atomic E-state index is 0.0912. The Bertz CT molecular complexity index is 448. The van der Waals surface area contributed by atoms with Gasteiger partial charge in [0.05, 0.1) is 16.6 Å². The summed E-state index contributed by atoms with van der Waals surface area (Å²) < 4.78 is 0.132. The number of nitro groups is 1. The maximum absolute atomic E-state index is 11.7. The zero-order chi connectivity index (χ0) is 13.0. The number of rotatable bonds is 4. The van der Waals surface area contributed by atoms with E-state index in [1.165, 1.54) is 25.1 Å². The number of carbonyl (C=O) groups excluding carboxylic acids is 1. The average Bonchev–Trinajstić information content (AvgIpc) is 2.25. The lowest BCUT2D eigenvalue weighted by Gasteiger charge is -2.08. The first kappa shape index (κ1) is 13.6. The van der Waals surface area contributed by atoms with Crippen LogP contribution in [-0.2, 0) is 0 Å². The van der Waals surface area contributed by atoms with Crippen LogP contribution in [0.4, 0.5) is 5.69 Å². The van der Waals surface area contributed by atoms with Crippen LogP contribution in [0, 0.1) is 10.1 Å². The topological polar surface area (TPSA) is 92.5 Å². The van der Waals surface area contributed by atoms with Crippen LogP contribution in [0.25, 0.3) is 0 Å². The Hall–Kier alpha value is -1.47. The summed E-state index contributed by atoms with van der Waals surface area (Å²) in [5.41, 5.74) is -0.00505. The van der Waals surface area contributed by atoms with E-state index in [0.29, 0.717) is 0 Å². The number of nitrogens with zero attached hydrogens (tertiary/aromatic N) is 1. The van der Waals surface area contributed by atoms with Crippen LogP contribution in [0.2, 0.25) is 0 Å². The molecule has 6 nitrogen and oxygen atoms in total. The number of halogens is 1. The molecule has 17 heavy (non-hydrogen) atoms. The first-order chi connectivity index (χ1) is 7.93. The van der Waals surface area contributed by atoms with E-state index in [1.807, 2.05) is 0 Å². The molecule has 1 aromatic carbocycles. The summed E-state index contributed by atoms with van der Waals surface area (Å²) in [6.07, 6.45) is -0.670. The third kappa shape index (κ3) is 3.50. The molecule has 0 aliphatic carbocycles. The van der Waals surface area contributed by atoms with Gasteiger partial charge in [-0.3, -0.25) is 14.9 Å². The van der Waals surface area contributed by atoms with Crippen LogP contribution in [0.15, 0.2) is 22.7 Å². The molecule has 0 aromatic heterocycles. The largest absolute Gasteiger partial charge is 0.392 e. The molecule has 2 N–H and O–H groups in total. The quantitative estimate of drug-likeness (QED) is 0.650. The van der Waals surface area contributed by atoms with E-state index in [-0.39, 0.29) is 22.3 Å². The first-order valence-electron chi connectivity index (χ1n) is 4.82. The highest BCUT2D eigenvalue weighted by Crippen LogP contribution is 2.28. The number of benzene rings is 1. The van der Waals surface area contributed by atoms with Gasteiger partial charge in [0.15, 0.2) is 0 Å². The molecule has 0 saturated carbocycles. The SMILES string of the molecule is C[C@H](O)CNC(=O)c1cccc([N+](=O)[O-])c1Br. The van der Waals surface area contributed by atoms with E-state index in [9.17, 15) is 14.9 Å². The summed E-state index contributed by atoms with van der Waals surface area (Å²) in [5.74, 6) is -0.471. The van der Waals surface area contributed by atoms with Crippen molar-refractivity contribution >= 4 is 27.5 Å². The van der Waals surface area contributed by atoms with E-state index >= 15 is 0 Å². The molecule has 1 amide bonds. The highest BCUT2D eigenvalue weighted by Gasteiger charge is 2.19. The molecule has 1 rings (SSSR count). The van der Waals surface area contributed by atoms with Crippen LogP contribution < -0.4 is 5.32 Å². The second-order valence-electron chi connectivity index (χ2n) is 3.45. The second kappa shape index (κ2) is 5.74. The van der Waals surface area contributed by atoms with Crippen molar-refractivity contribution in [3.8, 4) is 0 Å². The number of aliphatic hydroxyl groups is 1. The van der Waals surface area contributed by atoms with Gasteiger partial charge in [-0.05, 0) is 28.9 Å². The van der Waals surface area contributed by atoms with Gasteiger partial charge in [-0.1, -0.05) is 6.07 Å². The minimum Gasteiger partial charge on any atom is -0.392 e. The van der Waals surface area contributed by atoms with Crippen molar-refractivity contribution in [2.24, 2.45) is 0 Å². The Balaban J connectivity index is 2.95. The number of nitro benzene ring substituents is 1. The Morgan fingerprint density at radius 1 is 1.65 bits per heavy atom. The Morgan fingerprint density at radius 3 is 2.82 bits per heavy atom. The Morgan fingerprint density at radius 2 is 2.29 bits per heavy atom. The summed E-state index contributed by atoms with van der Waals surface area (Å²) in [7, 11) is 0. The average molecular weight is 303 g/mol. The molecule has 0 bridgehead atoms. The van der Waals surface area contributed by atoms with Gasteiger partial charge in [-0.2, -0.15) is 0 Å². The molecule has 1 atom stereocenters. The number of aliphatic hydroxyl groups excluding tert-OH is 1. The van der Waals surface area contributed by atoms with E-state index in [1.54, 1.807) is 0 Å². The van der Waals surface area contributed by atoms with Gasteiger partial charge in [0.1, 0.15) is 4.47 Å². The summed E-state index contributed by atoms with van der Waals surface area (Å²) in [6, 6.07) is 4.20. The maximum atomic E-state index is 11.7.